The number of thioether (sulfide) groups is 1. The smallest absolute Gasteiger partial charge is 0.258 e. The van der Waals surface area contributed by atoms with Gasteiger partial charge in [-0.2, -0.15) is 0 Å². The SMILES string of the molecule is CSc1ccc([C@H](C)NC(=O)COc2ccc(N(Cc3ccc(Cl)cc3)S(C)(=O)=O)cc2)cc1. The number of rotatable bonds is 10. The Morgan fingerprint density at radius 3 is 2.21 bits per heavy atom. The van der Waals surface area contributed by atoms with Gasteiger partial charge in [0, 0.05) is 9.92 Å². The topological polar surface area (TPSA) is 75.7 Å². The van der Waals surface area contributed by atoms with Crippen molar-refractivity contribution < 1.29 is 17.9 Å². The van der Waals surface area contributed by atoms with Crippen LogP contribution in [0.1, 0.15) is 24.1 Å². The first-order chi connectivity index (χ1) is 16.2. The number of hydrogen-bond acceptors (Lipinski definition) is 5. The fraction of sp³-hybridized carbons (Fsp3) is 0.240. The zero-order valence-electron chi connectivity index (χ0n) is 19.2. The van der Waals surface area contributed by atoms with Gasteiger partial charge in [0.2, 0.25) is 10.0 Å². The fourth-order valence-corrected chi connectivity index (χ4v) is 4.69. The molecule has 0 fully saturated rings. The minimum Gasteiger partial charge on any atom is -0.484 e. The van der Waals surface area contributed by atoms with Crippen LogP contribution in [-0.2, 0) is 21.4 Å². The van der Waals surface area contributed by atoms with Crippen LogP contribution in [0.4, 0.5) is 5.69 Å². The van der Waals surface area contributed by atoms with Crippen LogP contribution in [0.25, 0.3) is 0 Å². The number of sulfonamides is 1. The first-order valence-electron chi connectivity index (χ1n) is 10.5. The molecule has 1 atom stereocenters. The van der Waals surface area contributed by atoms with Crippen molar-refractivity contribution >= 4 is 45.0 Å². The molecule has 0 bridgehead atoms. The lowest BCUT2D eigenvalue weighted by Crippen LogP contribution is -2.31. The molecule has 0 unspecified atom stereocenters. The van der Waals surface area contributed by atoms with Gasteiger partial charge in [-0.3, -0.25) is 9.10 Å². The lowest BCUT2D eigenvalue weighted by molar-refractivity contribution is -0.123. The van der Waals surface area contributed by atoms with Crippen molar-refractivity contribution in [3.63, 3.8) is 0 Å². The van der Waals surface area contributed by atoms with E-state index in [1.54, 1.807) is 60.3 Å². The Bertz CT molecular complexity index is 1200. The summed E-state index contributed by atoms with van der Waals surface area (Å²) in [5.74, 6) is 0.224. The van der Waals surface area contributed by atoms with Crippen LogP contribution in [0.2, 0.25) is 5.02 Å². The van der Waals surface area contributed by atoms with Crippen molar-refractivity contribution in [2.45, 2.75) is 24.4 Å². The van der Waals surface area contributed by atoms with Crippen LogP contribution < -0.4 is 14.4 Å². The molecule has 3 rings (SSSR count). The number of nitrogens with zero attached hydrogens (tertiary/aromatic N) is 1. The molecule has 1 amide bonds. The Labute approximate surface area is 210 Å². The monoisotopic (exact) mass is 518 g/mol. The van der Waals surface area contributed by atoms with E-state index in [4.69, 9.17) is 16.3 Å². The van der Waals surface area contributed by atoms with Crippen molar-refractivity contribution in [3.05, 3.63) is 88.9 Å². The molecule has 3 aromatic carbocycles. The van der Waals surface area contributed by atoms with Crippen molar-refractivity contribution in [1.82, 2.24) is 5.32 Å². The molecule has 6 nitrogen and oxygen atoms in total. The molecule has 0 aromatic heterocycles. The molecule has 34 heavy (non-hydrogen) atoms. The Balaban J connectivity index is 1.59. The third-order valence-electron chi connectivity index (χ3n) is 5.13. The van der Waals surface area contributed by atoms with Crippen molar-refractivity contribution in [1.29, 1.82) is 0 Å². The Hall–Kier alpha value is -2.68. The summed E-state index contributed by atoms with van der Waals surface area (Å²) in [5.41, 5.74) is 2.32. The summed E-state index contributed by atoms with van der Waals surface area (Å²) in [6.07, 6.45) is 3.18. The van der Waals surface area contributed by atoms with E-state index in [9.17, 15) is 13.2 Å². The van der Waals surface area contributed by atoms with Crippen LogP contribution in [0, 0.1) is 0 Å². The largest absolute Gasteiger partial charge is 0.484 e. The van der Waals surface area contributed by atoms with Crippen LogP contribution in [0.15, 0.2) is 77.7 Å². The van der Waals surface area contributed by atoms with Crippen molar-refractivity contribution in [3.8, 4) is 5.75 Å². The van der Waals surface area contributed by atoms with Crippen LogP contribution in [0.3, 0.4) is 0 Å². The zero-order chi connectivity index (χ0) is 24.7. The Morgan fingerprint density at radius 1 is 1.03 bits per heavy atom. The van der Waals surface area contributed by atoms with Gasteiger partial charge in [0.05, 0.1) is 24.5 Å². The number of carbonyl (C=O) groups is 1. The van der Waals surface area contributed by atoms with Crippen LogP contribution in [-0.4, -0.2) is 33.4 Å². The van der Waals surface area contributed by atoms with Gasteiger partial charge >= 0.3 is 0 Å². The number of hydrogen-bond donors (Lipinski definition) is 1. The highest BCUT2D eigenvalue weighted by Crippen LogP contribution is 2.24. The van der Waals surface area contributed by atoms with E-state index in [2.05, 4.69) is 5.32 Å². The van der Waals surface area contributed by atoms with E-state index in [1.807, 2.05) is 37.4 Å². The molecule has 0 saturated carbocycles. The van der Waals surface area contributed by atoms with Gasteiger partial charge in [-0.1, -0.05) is 35.9 Å². The summed E-state index contributed by atoms with van der Waals surface area (Å²) in [5, 5.41) is 3.50. The third-order valence-corrected chi connectivity index (χ3v) is 7.26. The zero-order valence-corrected chi connectivity index (χ0v) is 21.6. The molecule has 9 heteroatoms. The summed E-state index contributed by atoms with van der Waals surface area (Å²) in [4.78, 5) is 13.5. The molecule has 0 saturated heterocycles. The Morgan fingerprint density at radius 2 is 1.65 bits per heavy atom. The predicted octanol–water partition coefficient (Wildman–Crippen LogP) is 5.28. The maximum absolute atomic E-state index is 12.4. The van der Waals surface area contributed by atoms with E-state index >= 15 is 0 Å². The minimum absolute atomic E-state index is 0.146. The molecule has 0 spiro atoms. The first-order valence-corrected chi connectivity index (χ1v) is 14.0. The summed E-state index contributed by atoms with van der Waals surface area (Å²) < 4.78 is 31.6. The highest BCUT2D eigenvalue weighted by atomic mass is 35.5. The number of ether oxygens (including phenoxy) is 1. The maximum Gasteiger partial charge on any atom is 0.258 e. The molecule has 0 aliphatic carbocycles. The van der Waals surface area contributed by atoms with E-state index in [1.165, 1.54) is 4.31 Å². The Kier molecular flexibility index (Phi) is 8.88. The summed E-state index contributed by atoms with van der Waals surface area (Å²) in [6.45, 7) is 1.95. The number of carbonyl (C=O) groups excluding carboxylic acids is 1. The summed E-state index contributed by atoms with van der Waals surface area (Å²) in [6, 6.07) is 21.5. The molecular formula is C25H27ClN2O4S2. The molecule has 0 aliphatic rings. The predicted molar refractivity (Wildman–Crippen MR) is 139 cm³/mol. The molecule has 1 N–H and O–H groups in total. The van der Waals surface area contributed by atoms with Gasteiger partial charge in [0.25, 0.3) is 5.91 Å². The van der Waals surface area contributed by atoms with Crippen LogP contribution >= 0.6 is 23.4 Å². The van der Waals surface area contributed by atoms with Crippen LogP contribution in [0.5, 0.6) is 5.75 Å². The van der Waals surface area contributed by atoms with E-state index in [-0.39, 0.29) is 25.1 Å². The highest BCUT2D eigenvalue weighted by molar-refractivity contribution is 7.98. The standard InChI is InChI=1S/C25H27ClN2O4S2/c1-18(20-6-14-24(33-2)15-7-20)27-25(29)17-32-23-12-10-22(11-13-23)28(34(3,30)31)16-19-4-8-21(26)9-5-19/h4-15,18H,16-17H2,1-3H3,(H,27,29)/t18-/m0/s1. The molecule has 0 radical (unpaired) electrons. The second-order valence-electron chi connectivity index (χ2n) is 7.74. The number of anilines is 1. The molecule has 3 aromatic rings. The number of nitrogens with one attached hydrogen (secondary N) is 1. The molecule has 0 heterocycles. The average molecular weight is 519 g/mol. The van der Waals surface area contributed by atoms with Gasteiger partial charge in [0.15, 0.2) is 6.61 Å². The quantitative estimate of drug-likeness (QED) is 0.369. The van der Waals surface area contributed by atoms with Gasteiger partial charge in [-0.15, -0.1) is 11.8 Å². The molecule has 0 aliphatic heterocycles. The second kappa shape index (κ2) is 11.6. The lowest BCUT2D eigenvalue weighted by atomic mass is 10.1. The summed E-state index contributed by atoms with van der Waals surface area (Å²) in [7, 11) is -3.52. The van der Waals surface area contributed by atoms with Crippen molar-refractivity contribution in [2.24, 2.45) is 0 Å². The van der Waals surface area contributed by atoms with E-state index in [0.717, 1.165) is 22.3 Å². The maximum atomic E-state index is 12.4. The van der Waals surface area contributed by atoms with Gasteiger partial charge < -0.3 is 10.1 Å². The van der Waals surface area contributed by atoms with E-state index in [0.29, 0.717) is 16.5 Å². The van der Waals surface area contributed by atoms with Gasteiger partial charge in [-0.05, 0) is 72.8 Å². The van der Waals surface area contributed by atoms with E-state index < -0.39 is 10.0 Å². The van der Waals surface area contributed by atoms with Gasteiger partial charge in [0.1, 0.15) is 5.75 Å². The normalized spacial score (nSPS) is 12.1. The second-order valence-corrected chi connectivity index (χ2v) is 11.0. The minimum atomic E-state index is -3.52. The third kappa shape index (κ3) is 7.41. The number of benzene rings is 3. The molecular weight excluding hydrogens is 492 g/mol. The fourth-order valence-electron chi connectivity index (χ4n) is 3.27. The number of halogens is 1. The number of amides is 1. The van der Waals surface area contributed by atoms with Gasteiger partial charge in [-0.25, -0.2) is 8.42 Å². The lowest BCUT2D eigenvalue weighted by Gasteiger charge is -2.23. The molecule has 180 valence electrons. The van der Waals surface area contributed by atoms with Crippen molar-refractivity contribution in [2.75, 3.05) is 23.4 Å². The average Bonchev–Trinajstić information content (AvgIpc) is 2.82. The first kappa shape index (κ1) is 25.9. The summed E-state index contributed by atoms with van der Waals surface area (Å²) >= 11 is 7.58. The highest BCUT2D eigenvalue weighted by Gasteiger charge is 2.18.